The second-order valence-electron chi connectivity index (χ2n) is 12.3. The molecule has 0 aliphatic carbocycles. The van der Waals surface area contributed by atoms with E-state index in [0.29, 0.717) is 5.71 Å². The van der Waals surface area contributed by atoms with Gasteiger partial charge in [0.1, 0.15) is 0 Å². The molecular formula is C43H35IrN3O-2. The van der Waals surface area contributed by atoms with E-state index >= 15 is 0 Å². The van der Waals surface area contributed by atoms with E-state index in [1.54, 1.807) is 0 Å². The van der Waals surface area contributed by atoms with Crippen molar-refractivity contribution in [3.8, 4) is 33.6 Å². The van der Waals surface area contributed by atoms with E-state index in [2.05, 4.69) is 123 Å². The molecule has 0 atom stereocenters. The van der Waals surface area contributed by atoms with Gasteiger partial charge >= 0.3 is 0 Å². The average molecular weight is 802 g/mol. The number of rotatable bonds is 3. The van der Waals surface area contributed by atoms with Crippen LogP contribution in [-0.2, 0) is 20.1 Å². The number of pyridine rings is 3. The molecule has 48 heavy (non-hydrogen) atoms. The summed E-state index contributed by atoms with van der Waals surface area (Å²) < 4.78 is 6.19. The summed E-state index contributed by atoms with van der Waals surface area (Å²) in [6.07, 6.45) is 3.86. The van der Waals surface area contributed by atoms with Crippen LogP contribution in [0.25, 0.3) is 66.5 Å². The molecule has 5 heteroatoms. The van der Waals surface area contributed by atoms with Gasteiger partial charge in [0.05, 0.1) is 5.58 Å². The standard InChI is InChI=1S/C29H21N2O.C14H14N.Ir/c1-17-13-20-7-4-5-8-21(20)14-25(17)26-15-27(30-16-18(26)2)24-10-6-9-22-23-12-11-19(3)31-29(23)32-28(22)24;1-10-4-6-13(7-5-10)14-8-11(2)12(3)9-15-14;/h4-9,11-16H,1-3H3;4-6,8-9H,1-3H3;/q2*-1;. The van der Waals surface area contributed by atoms with Crippen LogP contribution < -0.4 is 0 Å². The topological polar surface area (TPSA) is 51.8 Å². The zero-order valence-corrected chi connectivity index (χ0v) is 30.3. The van der Waals surface area contributed by atoms with E-state index < -0.39 is 0 Å². The van der Waals surface area contributed by atoms with Crippen LogP contribution in [0.15, 0.2) is 108 Å². The van der Waals surface area contributed by atoms with Crippen molar-refractivity contribution in [3.63, 3.8) is 0 Å². The molecule has 0 saturated carbocycles. The van der Waals surface area contributed by atoms with Crippen molar-refractivity contribution >= 4 is 32.8 Å². The minimum Gasteiger partial charge on any atom is -0.486 e. The number of furan rings is 1. The number of hydrogen-bond donors (Lipinski definition) is 0. The molecule has 4 nitrogen and oxygen atoms in total. The average Bonchev–Trinajstić information content (AvgIpc) is 3.44. The fraction of sp³-hybridized carbons (Fsp3) is 0.140. The fourth-order valence-corrected chi connectivity index (χ4v) is 5.93. The maximum absolute atomic E-state index is 6.19. The molecule has 0 unspecified atom stereocenters. The van der Waals surface area contributed by atoms with Gasteiger partial charge in [-0.1, -0.05) is 65.9 Å². The van der Waals surface area contributed by atoms with Crippen molar-refractivity contribution in [2.75, 3.05) is 0 Å². The maximum Gasteiger partial charge on any atom is 0.216 e. The van der Waals surface area contributed by atoms with E-state index in [1.165, 1.54) is 44.2 Å². The number of fused-ring (bicyclic) bond motifs is 4. The van der Waals surface area contributed by atoms with Gasteiger partial charge < -0.3 is 14.4 Å². The monoisotopic (exact) mass is 802 g/mol. The van der Waals surface area contributed by atoms with Gasteiger partial charge in [-0.3, -0.25) is 0 Å². The summed E-state index contributed by atoms with van der Waals surface area (Å²) in [5, 5.41) is 4.53. The van der Waals surface area contributed by atoms with Gasteiger partial charge in [-0.15, -0.1) is 53.6 Å². The molecule has 0 saturated heterocycles. The quantitative estimate of drug-likeness (QED) is 0.167. The number of nitrogens with zero attached hydrogens (tertiary/aromatic N) is 3. The van der Waals surface area contributed by atoms with Gasteiger partial charge in [-0.25, -0.2) is 4.98 Å². The Bertz CT molecular complexity index is 2430. The predicted octanol–water partition coefficient (Wildman–Crippen LogP) is 11.1. The van der Waals surface area contributed by atoms with Crippen molar-refractivity contribution < 1.29 is 24.5 Å². The van der Waals surface area contributed by atoms with Gasteiger partial charge in [0.15, 0.2) is 0 Å². The Labute approximate surface area is 295 Å². The van der Waals surface area contributed by atoms with Crippen LogP contribution in [-0.4, -0.2) is 15.0 Å². The number of aromatic nitrogens is 3. The van der Waals surface area contributed by atoms with Crippen LogP contribution in [0.3, 0.4) is 0 Å². The van der Waals surface area contributed by atoms with Gasteiger partial charge in [0, 0.05) is 43.6 Å². The summed E-state index contributed by atoms with van der Waals surface area (Å²) in [7, 11) is 0. The smallest absolute Gasteiger partial charge is 0.216 e. The van der Waals surface area contributed by atoms with E-state index in [-0.39, 0.29) is 20.1 Å². The molecule has 0 amide bonds. The third kappa shape index (κ3) is 6.44. The van der Waals surface area contributed by atoms with Crippen molar-refractivity contribution in [2.24, 2.45) is 0 Å². The van der Waals surface area contributed by atoms with Crippen LogP contribution in [0.2, 0.25) is 0 Å². The summed E-state index contributed by atoms with van der Waals surface area (Å²) in [6.45, 7) is 12.5. The molecule has 0 aliphatic heterocycles. The van der Waals surface area contributed by atoms with Crippen LogP contribution in [0.1, 0.15) is 33.5 Å². The zero-order chi connectivity index (χ0) is 32.7. The first-order valence-electron chi connectivity index (χ1n) is 15.8. The molecule has 1 radical (unpaired) electrons. The first-order chi connectivity index (χ1) is 22.7. The molecule has 4 heterocycles. The molecule has 0 aliphatic rings. The van der Waals surface area contributed by atoms with Crippen molar-refractivity contribution in [1.29, 1.82) is 0 Å². The van der Waals surface area contributed by atoms with Crippen molar-refractivity contribution in [2.45, 2.75) is 41.5 Å². The number of aryl methyl sites for hydroxylation is 6. The van der Waals surface area contributed by atoms with Gasteiger partial charge in [0.2, 0.25) is 5.71 Å². The summed E-state index contributed by atoms with van der Waals surface area (Å²) in [4.78, 5) is 13.7. The molecule has 8 rings (SSSR count). The predicted molar refractivity (Wildman–Crippen MR) is 193 cm³/mol. The minimum atomic E-state index is 0. The van der Waals surface area contributed by atoms with Crippen LogP contribution in [0.4, 0.5) is 0 Å². The Balaban J connectivity index is 0.000000212. The summed E-state index contributed by atoms with van der Waals surface area (Å²) in [6, 6.07) is 38.1. The third-order valence-corrected chi connectivity index (χ3v) is 8.80. The van der Waals surface area contributed by atoms with E-state index in [0.717, 1.165) is 50.1 Å². The first kappa shape index (κ1) is 33.0. The van der Waals surface area contributed by atoms with Crippen LogP contribution >= 0.6 is 0 Å². The SMILES string of the molecule is Cc1c[c-]c(-c2cc(C)c(C)cn2)cc1.Cc1ccc2c(n1)oc1c(-c3cc(-c4cc5ccccc5cc4C)c(C)cn3)[c-]ccc12.[Ir]. The Hall–Kier alpha value is -4.96. The third-order valence-electron chi connectivity index (χ3n) is 8.80. The summed E-state index contributed by atoms with van der Waals surface area (Å²) in [5.41, 5.74) is 14.6. The second-order valence-corrected chi connectivity index (χ2v) is 12.3. The van der Waals surface area contributed by atoms with Crippen LogP contribution in [0.5, 0.6) is 0 Å². The molecule has 0 fully saturated rings. The zero-order valence-electron chi connectivity index (χ0n) is 27.9. The molecule has 0 N–H and O–H groups in total. The van der Waals surface area contributed by atoms with Crippen molar-refractivity contribution in [3.05, 3.63) is 149 Å². The van der Waals surface area contributed by atoms with Crippen LogP contribution in [0, 0.1) is 53.7 Å². The molecule has 4 aromatic heterocycles. The maximum atomic E-state index is 6.19. The largest absolute Gasteiger partial charge is 0.486 e. The van der Waals surface area contributed by atoms with E-state index in [1.807, 2.05) is 43.6 Å². The Kier molecular flexibility index (Phi) is 9.37. The number of hydrogen-bond acceptors (Lipinski definition) is 4. The van der Waals surface area contributed by atoms with Gasteiger partial charge in [-0.2, -0.15) is 0 Å². The molecule has 0 bridgehead atoms. The Morgan fingerprint density at radius 2 is 1.33 bits per heavy atom. The normalized spacial score (nSPS) is 11.0. The van der Waals surface area contributed by atoms with Crippen molar-refractivity contribution in [1.82, 2.24) is 15.0 Å². The molecule has 0 spiro atoms. The minimum absolute atomic E-state index is 0. The second kappa shape index (κ2) is 13.6. The first-order valence-corrected chi connectivity index (χ1v) is 15.8. The molecule has 4 aromatic carbocycles. The Morgan fingerprint density at radius 1 is 0.604 bits per heavy atom. The fourth-order valence-electron chi connectivity index (χ4n) is 5.93. The van der Waals surface area contributed by atoms with Gasteiger partial charge in [-0.05, 0) is 103 Å². The summed E-state index contributed by atoms with van der Waals surface area (Å²) >= 11 is 0. The van der Waals surface area contributed by atoms with Gasteiger partial charge in [0.25, 0.3) is 0 Å². The molecular weight excluding hydrogens is 767 g/mol. The van der Waals surface area contributed by atoms with E-state index in [4.69, 9.17) is 9.40 Å². The Morgan fingerprint density at radius 3 is 2.08 bits per heavy atom. The van der Waals surface area contributed by atoms with E-state index in [9.17, 15) is 0 Å². The molecule has 239 valence electrons. The summed E-state index contributed by atoms with van der Waals surface area (Å²) in [5.74, 6) is 0. The molecule has 8 aromatic rings. The number of benzene rings is 4.